The zero-order valence-electron chi connectivity index (χ0n) is 16.1. The molecule has 2 aliphatic rings. The highest BCUT2D eigenvalue weighted by Crippen LogP contribution is 2.31. The van der Waals surface area contributed by atoms with Crippen molar-refractivity contribution < 1.29 is 0 Å². The largest absolute Gasteiger partial charge is 0.340 e. The Morgan fingerprint density at radius 2 is 1.90 bits per heavy atom. The monoisotopic (exact) mass is 389 g/mol. The van der Waals surface area contributed by atoms with E-state index in [1.165, 1.54) is 32.1 Å². The predicted molar refractivity (Wildman–Crippen MR) is 110 cm³/mol. The van der Waals surface area contributed by atoms with Gasteiger partial charge in [0.25, 0.3) is 0 Å². The molecular weight excluding hydrogens is 366 g/mol. The summed E-state index contributed by atoms with van der Waals surface area (Å²) in [6.07, 6.45) is 15.9. The van der Waals surface area contributed by atoms with Gasteiger partial charge in [-0.15, -0.1) is 5.10 Å². The number of aromatic nitrogens is 7. The molecule has 0 aromatic carbocycles. The Balaban J connectivity index is 1.28. The molecule has 1 saturated carbocycles. The van der Waals surface area contributed by atoms with Crippen molar-refractivity contribution >= 4 is 23.1 Å². The van der Waals surface area contributed by atoms with Gasteiger partial charge in [-0.2, -0.15) is 4.98 Å². The van der Waals surface area contributed by atoms with Crippen molar-refractivity contribution in [3.63, 3.8) is 0 Å². The van der Waals surface area contributed by atoms with Crippen LogP contribution in [0.1, 0.15) is 38.1 Å². The Bertz CT molecular complexity index is 1140. The van der Waals surface area contributed by atoms with E-state index in [0.717, 1.165) is 42.0 Å². The lowest BCUT2D eigenvalue weighted by atomic mass is 9.93. The standard InChI is InChI=1S/C20H23N9/c1-2-9-26(8-1)20-24-19(16-7-4-10-29(16)25-20)23-17-11-28(13-21-17)18-12-27(14-22-18)15-5-3-6-15/h4,7,10-15H,1-3,5-6,8-9H2,(H,23,24,25). The normalized spacial score (nSPS) is 17.2. The van der Waals surface area contributed by atoms with Gasteiger partial charge in [-0.1, -0.05) is 0 Å². The molecular formula is C20H23N9. The van der Waals surface area contributed by atoms with Crippen LogP contribution in [0.2, 0.25) is 0 Å². The van der Waals surface area contributed by atoms with Crippen LogP contribution in [0.4, 0.5) is 17.6 Å². The van der Waals surface area contributed by atoms with Crippen molar-refractivity contribution in [2.45, 2.75) is 38.1 Å². The summed E-state index contributed by atoms with van der Waals surface area (Å²) in [6.45, 7) is 2.01. The highest BCUT2D eigenvalue weighted by atomic mass is 15.4. The van der Waals surface area contributed by atoms with Crippen molar-refractivity contribution in [3.05, 3.63) is 43.4 Å². The maximum absolute atomic E-state index is 4.79. The molecule has 29 heavy (non-hydrogen) atoms. The fourth-order valence-electron chi connectivity index (χ4n) is 4.04. The predicted octanol–water partition coefficient (Wildman–Crippen LogP) is 3.18. The minimum Gasteiger partial charge on any atom is -0.340 e. The van der Waals surface area contributed by atoms with Crippen LogP contribution in [-0.4, -0.2) is 46.8 Å². The van der Waals surface area contributed by atoms with E-state index in [0.29, 0.717) is 6.04 Å². The van der Waals surface area contributed by atoms with Crippen LogP contribution < -0.4 is 10.2 Å². The van der Waals surface area contributed by atoms with E-state index in [-0.39, 0.29) is 0 Å². The third-order valence-corrected chi connectivity index (χ3v) is 5.95. The van der Waals surface area contributed by atoms with Gasteiger partial charge < -0.3 is 14.8 Å². The van der Waals surface area contributed by atoms with Gasteiger partial charge in [0.15, 0.2) is 11.6 Å². The Morgan fingerprint density at radius 3 is 2.72 bits per heavy atom. The van der Waals surface area contributed by atoms with E-state index < -0.39 is 0 Å². The lowest BCUT2D eigenvalue weighted by Gasteiger charge is -2.26. The summed E-state index contributed by atoms with van der Waals surface area (Å²) in [6, 6.07) is 4.59. The number of nitrogens with zero attached hydrogens (tertiary/aromatic N) is 8. The third-order valence-electron chi connectivity index (χ3n) is 5.95. The number of hydrogen-bond acceptors (Lipinski definition) is 6. The number of fused-ring (bicyclic) bond motifs is 1. The van der Waals surface area contributed by atoms with Crippen LogP contribution in [0.25, 0.3) is 11.3 Å². The van der Waals surface area contributed by atoms with Gasteiger partial charge in [-0.25, -0.2) is 14.5 Å². The first-order valence-corrected chi connectivity index (χ1v) is 10.3. The van der Waals surface area contributed by atoms with Crippen LogP contribution in [0.5, 0.6) is 0 Å². The molecule has 0 spiro atoms. The fraction of sp³-hybridized carbons (Fsp3) is 0.400. The maximum Gasteiger partial charge on any atom is 0.245 e. The molecule has 0 unspecified atom stereocenters. The first-order chi connectivity index (χ1) is 14.3. The zero-order valence-corrected chi connectivity index (χ0v) is 16.1. The molecule has 4 aromatic heterocycles. The molecule has 0 bridgehead atoms. The van der Waals surface area contributed by atoms with Crippen molar-refractivity contribution in [2.75, 3.05) is 23.3 Å². The number of nitrogens with one attached hydrogen (secondary N) is 1. The first kappa shape index (κ1) is 16.6. The summed E-state index contributed by atoms with van der Waals surface area (Å²) in [5.41, 5.74) is 0.928. The minimum atomic E-state index is 0.602. The second-order valence-electron chi connectivity index (χ2n) is 7.85. The molecule has 0 radical (unpaired) electrons. The van der Waals surface area contributed by atoms with Gasteiger partial charge in [-0.3, -0.25) is 4.57 Å². The van der Waals surface area contributed by atoms with E-state index in [2.05, 4.69) is 36.0 Å². The smallest absolute Gasteiger partial charge is 0.245 e. The van der Waals surface area contributed by atoms with Crippen molar-refractivity contribution in [1.82, 2.24) is 33.7 Å². The van der Waals surface area contributed by atoms with Crippen LogP contribution in [0, 0.1) is 0 Å². The Labute approximate surface area is 168 Å². The lowest BCUT2D eigenvalue weighted by molar-refractivity contribution is 0.313. The van der Waals surface area contributed by atoms with Gasteiger partial charge >= 0.3 is 0 Å². The summed E-state index contributed by atoms with van der Waals surface area (Å²) in [5, 5.41) is 8.03. The van der Waals surface area contributed by atoms with Crippen LogP contribution in [0.15, 0.2) is 43.4 Å². The number of anilines is 3. The van der Waals surface area contributed by atoms with E-state index in [1.54, 1.807) is 6.33 Å². The van der Waals surface area contributed by atoms with Crippen LogP contribution in [0.3, 0.4) is 0 Å². The van der Waals surface area contributed by atoms with Crippen LogP contribution in [-0.2, 0) is 0 Å². The Hall–Kier alpha value is -3.36. The summed E-state index contributed by atoms with van der Waals surface area (Å²) in [4.78, 5) is 16.1. The quantitative estimate of drug-likeness (QED) is 0.565. The molecule has 2 fully saturated rings. The molecule has 1 aliphatic heterocycles. The summed E-state index contributed by atoms with van der Waals surface area (Å²) in [5.74, 6) is 3.13. The molecule has 1 saturated heterocycles. The molecule has 9 nitrogen and oxygen atoms in total. The highest BCUT2D eigenvalue weighted by Gasteiger charge is 2.20. The number of imidazole rings is 2. The first-order valence-electron chi connectivity index (χ1n) is 10.3. The van der Waals surface area contributed by atoms with Gasteiger partial charge in [0, 0.05) is 31.5 Å². The third kappa shape index (κ3) is 2.93. The van der Waals surface area contributed by atoms with Crippen molar-refractivity contribution in [1.29, 1.82) is 0 Å². The number of hydrogen-bond donors (Lipinski definition) is 1. The SMILES string of the molecule is c1cc2c(Nc3cn(-c4cn(C5CCC5)cn4)cn3)nc(N3CCCC3)nn2c1. The molecule has 9 heteroatoms. The Kier molecular flexibility index (Phi) is 3.78. The average molecular weight is 389 g/mol. The molecule has 6 rings (SSSR count). The summed E-state index contributed by atoms with van der Waals surface area (Å²) >= 11 is 0. The molecule has 1 aliphatic carbocycles. The molecule has 0 atom stereocenters. The lowest BCUT2D eigenvalue weighted by Crippen LogP contribution is -2.22. The average Bonchev–Trinajstić information content (AvgIpc) is 3.46. The van der Waals surface area contributed by atoms with E-state index in [1.807, 2.05) is 39.9 Å². The van der Waals surface area contributed by atoms with Crippen molar-refractivity contribution in [3.8, 4) is 5.82 Å². The summed E-state index contributed by atoms with van der Waals surface area (Å²) in [7, 11) is 0. The molecule has 5 heterocycles. The summed E-state index contributed by atoms with van der Waals surface area (Å²) < 4.78 is 6.03. The van der Waals surface area contributed by atoms with Gasteiger partial charge in [0.05, 0.1) is 12.5 Å². The number of rotatable bonds is 5. The highest BCUT2D eigenvalue weighted by molar-refractivity contribution is 5.73. The zero-order chi connectivity index (χ0) is 19.2. The molecule has 148 valence electrons. The van der Waals surface area contributed by atoms with Gasteiger partial charge in [0.1, 0.15) is 17.7 Å². The molecule has 0 amide bonds. The second kappa shape index (κ2) is 6.61. The maximum atomic E-state index is 4.79. The minimum absolute atomic E-state index is 0.602. The van der Waals surface area contributed by atoms with E-state index in [4.69, 9.17) is 4.98 Å². The van der Waals surface area contributed by atoms with Crippen LogP contribution >= 0.6 is 0 Å². The van der Waals surface area contributed by atoms with E-state index >= 15 is 0 Å². The van der Waals surface area contributed by atoms with Gasteiger partial charge in [-0.05, 0) is 44.2 Å². The van der Waals surface area contributed by atoms with E-state index in [9.17, 15) is 0 Å². The molecule has 1 N–H and O–H groups in total. The fourth-order valence-corrected chi connectivity index (χ4v) is 4.04. The molecule has 4 aromatic rings. The van der Waals surface area contributed by atoms with Crippen molar-refractivity contribution in [2.24, 2.45) is 0 Å². The van der Waals surface area contributed by atoms with Gasteiger partial charge in [0.2, 0.25) is 5.95 Å². The Morgan fingerprint density at radius 1 is 1.00 bits per heavy atom. The second-order valence-corrected chi connectivity index (χ2v) is 7.85. The topological polar surface area (TPSA) is 81.1 Å².